The molecule has 0 atom stereocenters. The van der Waals surface area contributed by atoms with Crippen LogP contribution in [-0.2, 0) is 73.2 Å². The molecule has 21 heteroatoms. The van der Waals surface area contributed by atoms with E-state index in [-0.39, 0.29) is 19.6 Å². The van der Waals surface area contributed by atoms with Crippen LogP contribution in [0.3, 0.4) is 0 Å². The highest BCUT2D eigenvalue weighted by molar-refractivity contribution is 7.86. The molecule has 0 radical (unpaired) electrons. The third-order valence-corrected chi connectivity index (χ3v) is 4.06. The van der Waals surface area contributed by atoms with Gasteiger partial charge in [0, 0.05) is 19.4 Å². The van der Waals surface area contributed by atoms with Gasteiger partial charge in [0.1, 0.15) is 41.9 Å². The summed E-state index contributed by atoms with van der Waals surface area (Å²) in [5.41, 5.74) is 0. The Bertz CT molecular complexity index is 996. The van der Waals surface area contributed by atoms with Crippen LogP contribution in [0.25, 0.3) is 0 Å². The first-order valence-electron chi connectivity index (χ1n) is 9.27. The molecule has 0 unspecified atom stereocenters. The van der Waals surface area contributed by atoms with Crippen molar-refractivity contribution >= 4 is 54.2 Å². The molecule has 0 fully saturated rings. The number of rotatable bonds is 13. The topological polar surface area (TPSA) is 286 Å². The molecule has 0 aromatic carbocycles. The summed E-state index contributed by atoms with van der Waals surface area (Å²) >= 11 is 0. The molecule has 0 aromatic heterocycles. The molecule has 0 heterocycles. The van der Waals surface area contributed by atoms with Crippen LogP contribution in [0.1, 0.15) is 33.6 Å². The lowest BCUT2D eigenvalue weighted by atomic mass is 10.5. The lowest BCUT2D eigenvalue weighted by molar-refractivity contribution is -0.165. The minimum atomic E-state index is -4.64. The SMILES string of the molecule is CCC(=O)OCOC(=O)CS(=O)(=O)[O-].CCC(=O)OCS(=O)(=O)[O-].CCOCOC(=O)CS(=O)(=O)[O-]. The molecule has 0 saturated carbocycles. The number of esters is 4. The predicted octanol–water partition coefficient (Wildman–Crippen LogP) is -2.50. The Labute approximate surface area is 207 Å². The summed E-state index contributed by atoms with van der Waals surface area (Å²) in [4.78, 5) is 41.7. The van der Waals surface area contributed by atoms with Crippen LogP contribution in [0.15, 0.2) is 0 Å². The van der Waals surface area contributed by atoms with Gasteiger partial charge in [-0.2, -0.15) is 0 Å². The smallest absolute Gasteiger partial charge is 0.322 e. The first kappa shape index (κ1) is 38.1. The fourth-order valence-electron chi connectivity index (χ4n) is 1.07. The van der Waals surface area contributed by atoms with Crippen molar-refractivity contribution in [2.24, 2.45) is 0 Å². The van der Waals surface area contributed by atoms with Crippen molar-refractivity contribution in [1.29, 1.82) is 0 Å². The van der Waals surface area contributed by atoms with Gasteiger partial charge in [0.15, 0.2) is 12.7 Å². The van der Waals surface area contributed by atoms with E-state index in [1.165, 1.54) is 13.8 Å². The number of hydrogen-bond acceptors (Lipinski definition) is 18. The van der Waals surface area contributed by atoms with Crippen LogP contribution in [0.4, 0.5) is 0 Å². The maximum absolute atomic E-state index is 10.5. The number of carbonyl (C=O) groups excluding carboxylic acids is 4. The summed E-state index contributed by atoms with van der Waals surface area (Å²) in [6.07, 6.45) is 0.174. The minimum absolute atomic E-state index is 0.0650. The number of carbonyl (C=O) groups is 4. The van der Waals surface area contributed by atoms with Gasteiger partial charge in [-0.25, -0.2) is 25.3 Å². The highest BCUT2D eigenvalue weighted by atomic mass is 32.2. The van der Waals surface area contributed by atoms with Crippen molar-refractivity contribution in [2.45, 2.75) is 33.6 Å². The summed E-state index contributed by atoms with van der Waals surface area (Å²) in [6, 6.07) is 0. The molecule has 0 aromatic rings. The molecule has 36 heavy (non-hydrogen) atoms. The zero-order valence-electron chi connectivity index (χ0n) is 19.2. The molecule has 18 nitrogen and oxygen atoms in total. The normalized spacial score (nSPS) is 10.9. The van der Waals surface area contributed by atoms with Crippen molar-refractivity contribution in [3.63, 3.8) is 0 Å². The minimum Gasteiger partial charge on any atom is -0.748 e. The molecule has 0 rings (SSSR count). The molecule has 0 bridgehead atoms. The zero-order valence-corrected chi connectivity index (χ0v) is 21.7. The summed E-state index contributed by atoms with van der Waals surface area (Å²) in [5.74, 6) is -7.12. The van der Waals surface area contributed by atoms with Gasteiger partial charge in [-0.3, -0.25) is 19.2 Å². The average Bonchev–Trinajstić information content (AvgIpc) is 2.69. The molecule has 0 aliphatic carbocycles. The highest BCUT2D eigenvalue weighted by Crippen LogP contribution is 1.90. The standard InChI is InChI=1S/C6H10O7S.C5H10O6S.C4H8O5S/c1-2-5(7)12-4-13-6(8)3-14(9,10)11;1-2-10-4-11-5(6)3-12(7,8)9;1-2-4(5)9-3-10(6,7)8/h2-4H2,1H3,(H,9,10,11);2-4H2,1H3,(H,7,8,9);2-3H2,1H3,(H,6,7,8)/p-3. The highest BCUT2D eigenvalue weighted by Gasteiger charge is 2.09. The van der Waals surface area contributed by atoms with Crippen molar-refractivity contribution in [1.82, 2.24) is 0 Å². The van der Waals surface area contributed by atoms with Crippen molar-refractivity contribution in [3.8, 4) is 0 Å². The lowest BCUT2D eigenvalue weighted by Gasteiger charge is -2.07. The van der Waals surface area contributed by atoms with Gasteiger partial charge in [0.05, 0.1) is 0 Å². The zero-order chi connectivity index (χ0) is 29.0. The Morgan fingerprint density at radius 1 is 0.556 bits per heavy atom. The summed E-state index contributed by atoms with van der Waals surface area (Å²) in [6.45, 7) is 4.05. The molecule has 0 saturated heterocycles. The molecule has 214 valence electrons. The largest absolute Gasteiger partial charge is 0.748 e. The maximum Gasteiger partial charge on any atom is 0.322 e. The Morgan fingerprint density at radius 2 is 0.917 bits per heavy atom. The van der Waals surface area contributed by atoms with E-state index in [0.29, 0.717) is 6.61 Å². The first-order chi connectivity index (χ1) is 16.3. The van der Waals surface area contributed by atoms with Crippen LogP contribution < -0.4 is 0 Å². The summed E-state index contributed by atoms with van der Waals surface area (Å²) in [5, 5.41) is 0. The Balaban J connectivity index is -0.000000460. The first-order valence-corrected chi connectivity index (χ1v) is 14.0. The molecule has 0 spiro atoms. The van der Waals surface area contributed by atoms with E-state index in [9.17, 15) is 58.1 Å². The molecule has 0 aliphatic heterocycles. The molecule has 0 N–H and O–H groups in total. The molecule has 0 amide bonds. The molecular weight excluding hydrogens is 564 g/mol. The van der Waals surface area contributed by atoms with Crippen molar-refractivity contribution in [3.05, 3.63) is 0 Å². The maximum atomic E-state index is 10.5. The van der Waals surface area contributed by atoms with Crippen LogP contribution in [0.2, 0.25) is 0 Å². The van der Waals surface area contributed by atoms with Crippen LogP contribution in [0, 0.1) is 0 Å². The fourth-order valence-corrected chi connectivity index (χ4v) is 2.09. The van der Waals surface area contributed by atoms with Gasteiger partial charge < -0.3 is 37.3 Å². The molecular formula is C15H25O18S3-3. The number of ether oxygens (including phenoxy) is 5. The summed E-state index contributed by atoms with van der Waals surface area (Å²) < 4.78 is 111. The quantitative estimate of drug-likeness (QED) is 0.0704. The van der Waals surface area contributed by atoms with E-state index >= 15 is 0 Å². The van der Waals surface area contributed by atoms with Crippen molar-refractivity contribution in [2.75, 3.05) is 37.6 Å². The van der Waals surface area contributed by atoms with Crippen LogP contribution in [0.5, 0.6) is 0 Å². The van der Waals surface area contributed by atoms with E-state index in [0.717, 1.165) is 0 Å². The van der Waals surface area contributed by atoms with Crippen LogP contribution in [-0.4, -0.2) is 100 Å². The molecule has 0 aliphatic rings. The van der Waals surface area contributed by atoms with E-state index in [1.807, 2.05) is 0 Å². The second-order valence-corrected chi connectivity index (χ2v) is 9.74. The average molecular weight is 590 g/mol. The second kappa shape index (κ2) is 19.7. The van der Waals surface area contributed by atoms with Gasteiger partial charge in [0.25, 0.3) is 0 Å². The fraction of sp³-hybridized carbons (Fsp3) is 0.733. The van der Waals surface area contributed by atoms with Gasteiger partial charge >= 0.3 is 23.9 Å². The Hall–Kier alpha value is -2.43. The monoisotopic (exact) mass is 589 g/mol. The van der Waals surface area contributed by atoms with E-state index in [2.05, 4.69) is 23.7 Å². The van der Waals surface area contributed by atoms with Crippen molar-refractivity contribution < 1.29 is 81.8 Å². The third kappa shape index (κ3) is 36.1. The Kier molecular flexibility index (Phi) is 20.9. The van der Waals surface area contributed by atoms with Gasteiger partial charge in [-0.1, -0.05) is 13.8 Å². The predicted molar refractivity (Wildman–Crippen MR) is 110 cm³/mol. The second-order valence-electron chi connectivity index (χ2n) is 5.58. The lowest BCUT2D eigenvalue weighted by Crippen LogP contribution is -2.20. The number of hydrogen-bond donors (Lipinski definition) is 0. The van der Waals surface area contributed by atoms with Gasteiger partial charge in [-0.15, -0.1) is 0 Å². The van der Waals surface area contributed by atoms with Gasteiger partial charge in [0.2, 0.25) is 6.79 Å². The van der Waals surface area contributed by atoms with Gasteiger partial charge in [-0.05, 0) is 6.92 Å². The van der Waals surface area contributed by atoms with Crippen LogP contribution >= 0.6 is 0 Å². The third-order valence-electron chi connectivity index (χ3n) is 2.48. The van der Waals surface area contributed by atoms with E-state index in [1.54, 1.807) is 6.92 Å². The van der Waals surface area contributed by atoms with E-state index in [4.69, 9.17) is 0 Å². The van der Waals surface area contributed by atoms with E-state index < -0.39 is 78.5 Å². The Morgan fingerprint density at radius 3 is 1.25 bits per heavy atom. The summed E-state index contributed by atoms with van der Waals surface area (Å²) in [7, 11) is -13.6.